The standard InChI is InChI=1S/C19H20N4O2/c1-12-10-16(20-19-18(12)13(2)21-22(19)3)25-11-17(24)23-9-8-14-6-4-5-7-15(14)23/h4-7,10H,8-9,11H2,1-3H3. The number of anilines is 1. The molecule has 0 spiro atoms. The Balaban J connectivity index is 1.53. The molecule has 2 aromatic heterocycles. The summed E-state index contributed by atoms with van der Waals surface area (Å²) in [5, 5.41) is 5.44. The molecule has 1 aliphatic rings. The molecule has 0 saturated carbocycles. The summed E-state index contributed by atoms with van der Waals surface area (Å²) < 4.78 is 7.44. The van der Waals surface area contributed by atoms with Crippen LogP contribution < -0.4 is 9.64 Å². The summed E-state index contributed by atoms with van der Waals surface area (Å²) >= 11 is 0. The molecule has 4 rings (SSSR count). The third kappa shape index (κ3) is 2.63. The lowest BCUT2D eigenvalue weighted by Gasteiger charge is -2.17. The van der Waals surface area contributed by atoms with Gasteiger partial charge in [0.15, 0.2) is 12.3 Å². The molecule has 0 N–H and O–H groups in total. The Labute approximate surface area is 146 Å². The summed E-state index contributed by atoms with van der Waals surface area (Å²) in [5.41, 5.74) is 4.95. The van der Waals surface area contributed by atoms with Gasteiger partial charge in [0.05, 0.1) is 5.69 Å². The lowest BCUT2D eigenvalue weighted by Crippen LogP contribution is -2.33. The van der Waals surface area contributed by atoms with Crippen molar-refractivity contribution in [3.05, 3.63) is 47.2 Å². The van der Waals surface area contributed by atoms with E-state index in [1.807, 2.05) is 45.2 Å². The molecule has 1 aliphatic heterocycles. The van der Waals surface area contributed by atoms with Crippen LogP contribution in [0.1, 0.15) is 16.8 Å². The second-order valence-electron chi connectivity index (χ2n) is 6.40. The highest BCUT2D eigenvalue weighted by Gasteiger charge is 2.24. The van der Waals surface area contributed by atoms with Crippen molar-refractivity contribution < 1.29 is 9.53 Å². The minimum Gasteiger partial charge on any atom is -0.467 e. The van der Waals surface area contributed by atoms with Gasteiger partial charge in [-0.3, -0.25) is 9.48 Å². The summed E-state index contributed by atoms with van der Waals surface area (Å²) in [6.45, 7) is 4.65. The quantitative estimate of drug-likeness (QED) is 0.737. The molecule has 6 nitrogen and oxygen atoms in total. The van der Waals surface area contributed by atoms with E-state index in [2.05, 4.69) is 16.1 Å². The number of ether oxygens (including phenoxy) is 1. The molecule has 6 heteroatoms. The van der Waals surface area contributed by atoms with Crippen LogP contribution >= 0.6 is 0 Å². The van der Waals surface area contributed by atoms with Gasteiger partial charge < -0.3 is 9.64 Å². The molecule has 0 saturated heterocycles. The number of hydrogen-bond donors (Lipinski definition) is 0. The van der Waals surface area contributed by atoms with E-state index in [0.29, 0.717) is 12.4 Å². The molecule has 0 aliphatic carbocycles. The van der Waals surface area contributed by atoms with E-state index in [0.717, 1.165) is 34.4 Å². The van der Waals surface area contributed by atoms with Crippen LogP contribution in [0.4, 0.5) is 5.69 Å². The van der Waals surface area contributed by atoms with E-state index in [-0.39, 0.29) is 12.5 Å². The smallest absolute Gasteiger partial charge is 0.264 e. The van der Waals surface area contributed by atoms with Crippen LogP contribution in [-0.4, -0.2) is 33.8 Å². The number of benzene rings is 1. The number of carbonyl (C=O) groups is 1. The summed E-state index contributed by atoms with van der Waals surface area (Å²) in [6, 6.07) is 9.86. The summed E-state index contributed by atoms with van der Waals surface area (Å²) in [4.78, 5) is 18.9. The number of carbonyl (C=O) groups excluding carboxylic acids is 1. The maximum Gasteiger partial charge on any atom is 0.264 e. The fourth-order valence-corrected chi connectivity index (χ4v) is 3.51. The Morgan fingerprint density at radius 3 is 2.92 bits per heavy atom. The van der Waals surface area contributed by atoms with Crippen LogP contribution in [0.5, 0.6) is 5.88 Å². The number of para-hydroxylation sites is 1. The first kappa shape index (κ1) is 15.6. The molecule has 0 bridgehead atoms. The molecule has 1 amide bonds. The van der Waals surface area contributed by atoms with E-state index >= 15 is 0 Å². The van der Waals surface area contributed by atoms with Crippen molar-refractivity contribution in [3.63, 3.8) is 0 Å². The third-order valence-corrected chi connectivity index (χ3v) is 4.67. The predicted octanol–water partition coefficient (Wildman–Crippen LogP) is 2.55. The van der Waals surface area contributed by atoms with Gasteiger partial charge in [-0.15, -0.1) is 0 Å². The molecule has 0 unspecified atom stereocenters. The molecule has 1 aromatic carbocycles. The van der Waals surface area contributed by atoms with E-state index in [9.17, 15) is 4.79 Å². The Hall–Kier alpha value is -2.89. The number of hydrogen-bond acceptors (Lipinski definition) is 4. The Morgan fingerprint density at radius 2 is 2.08 bits per heavy atom. The van der Waals surface area contributed by atoms with Crippen LogP contribution in [0.15, 0.2) is 30.3 Å². The highest BCUT2D eigenvalue weighted by Crippen LogP contribution is 2.28. The van der Waals surface area contributed by atoms with E-state index in [1.165, 1.54) is 5.56 Å². The lowest BCUT2D eigenvalue weighted by atomic mass is 10.2. The highest BCUT2D eigenvalue weighted by molar-refractivity contribution is 5.96. The van der Waals surface area contributed by atoms with Gasteiger partial charge >= 0.3 is 0 Å². The van der Waals surface area contributed by atoms with Crippen LogP contribution in [0, 0.1) is 13.8 Å². The number of nitrogens with zero attached hydrogens (tertiary/aromatic N) is 4. The van der Waals surface area contributed by atoms with Gasteiger partial charge in [0, 0.05) is 30.7 Å². The zero-order valence-corrected chi connectivity index (χ0v) is 14.6. The maximum atomic E-state index is 12.6. The molecule has 0 atom stereocenters. The Bertz CT molecular complexity index is 977. The van der Waals surface area contributed by atoms with Gasteiger partial charge in [0.25, 0.3) is 5.91 Å². The predicted molar refractivity (Wildman–Crippen MR) is 96.0 cm³/mol. The van der Waals surface area contributed by atoms with E-state index in [4.69, 9.17) is 4.74 Å². The highest BCUT2D eigenvalue weighted by atomic mass is 16.5. The van der Waals surface area contributed by atoms with Crippen molar-refractivity contribution in [2.45, 2.75) is 20.3 Å². The zero-order chi connectivity index (χ0) is 17.6. The first-order chi connectivity index (χ1) is 12.0. The van der Waals surface area contributed by atoms with Crippen molar-refractivity contribution in [1.29, 1.82) is 0 Å². The van der Waals surface area contributed by atoms with Crippen molar-refractivity contribution >= 4 is 22.6 Å². The summed E-state index contributed by atoms with van der Waals surface area (Å²) in [5.74, 6) is 0.402. The number of aromatic nitrogens is 3. The molecule has 3 aromatic rings. The van der Waals surface area contributed by atoms with Crippen molar-refractivity contribution in [2.24, 2.45) is 7.05 Å². The molecular weight excluding hydrogens is 316 g/mol. The monoisotopic (exact) mass is 336 g/mol. The second kappa shape index (κ2) is 5.88. The molecule has 128 valence electrons. The fraction of sp³-hybridized carbons (Fsp3) is 0.316. The lowest BCUT2D eigenvalue weighted by molar-refractivity contribution is -0.120. The number of fused-ring (bicyclic) bond motifs is 2. The topological polar surface area (TPSA) is 60.2 Å². The average Bonchev–Trinajstić information content (AvgIpc) is 3.14. The van der Waals surface area contributed by atoms with E-state index < -0.39 is 0 Å². The molecular formula is C19H20N4O2. The fourth-order valence-electron chi connectivity index (χ4n) is 3.51. The molecule has 0 fully saturated rings. The van der Waals surface area contributed by atoms with E-state index in [1.54, 1.807) is 9.58 Å². The average molecular weight is 336 g/mol. The van der Waals surface area contributed by atoms with Crippen molar-refractivity contribution in [3.8, 4) is 5.88 Å². The number of rotatable bonds is 3. The van der Waals surface area contributed by atoms with Crippen molar-refractivity contribution in [2.75, 3.05) is 18.1 Å². The first-order valence-corrected chi connectivity index (χ1v) is 8.36. The molecule has 25 heavy (non-hydrogen) atoms. The van der Waals surface area contributed by atoms with Gasteiger partial charge in [-0.1, -0.05) is 18.2 Å². The zero-order valence-electron chi connectivity index (χ0n) is 14.6. The number of pyridine rings is 1. The van der Waals surface area contributed by atoms with Gasteiger partial charge in [-0.25, -0.2) is 0 Å². The molecule has 3 heterocycles. The van der Waals surface area contributed by atoms with Crippen LogP contribution in [0.2, 0.25) is 0 Å². The largest absolute Gasteiger partial charge is 0.467 e. The summed E-state index contributed by atoms with van der Waals surface area (Å²) in [7, 11) is 1.86. The number of amides is 1. The minimum absolute atomic E-state index is 0.0247. The van der Waals surface area contributed by atoms with Gasteiger partial charge in [-0.2, -0.15) is 10.1 Å². The van der Waals surface area contributed by atoms with Crippen LogP contribution in [0.3, 0.4) is 0 Å². The Kier molecular flexibility index (Phi) is 3.67. The maximum absolute atomic E-state index is 12.6. The first-order valence-electron chi connectivity index (χ1n) is 8.36. The number of aryl methyl sites for hydroxylation is 3. The SMILES string of the molecule is Cc1cc(OCC(=O)N2CCc3ccccc32)nc2c1c(C)nn2C. The van der Waals surface area contributed by atoms with Gasteiger partial charge in [0.2, 0.25) is 5.88 Å². The Morgan fingerprint density at radius 1 is 1.28 bits per heavy atom. The second-order valence-corrected chi connectivity index (χ2v) is 6.40. The third-order valence-electron chi connectivity index (χ3n) is 4.67. The van der Waals surface area contributed by atoms with Crippen LogP contribution in [0.25, 0.3) is 11.0 Å². The summed E-state index contributed by atoms with van der Waals surface area (Å²) in [6.07, 6.45) is 0.888. The minimum atomic E-state index is -0.0503. The normalized spacial score (nSPS) is 13.3. The van der Waals surface area contributed by atoms with Gasteiger partial charge in [0.1, 0.15) is 0 Å². The van der Waals surface area contributed by atoms with Gasteiger partial charge in [-0.05, 0) is 37.5 Å². The van der Waals surface area contributed by atoms with Crippen molar-refractivity contribution in [1.82, 2.24) is 14.8 Å². The van der Waals surface area contributed by atoms with Crippen LogP contribution in [-0.2, 0) is 18.3 Å². The molecule has 0 radical (unpaired) electrons.